The Morgan fingerprint density at radius 2 is 1.84 bits per heavy atom. The molecule has 0 aliphatic rings. The highest BCUT2D eigenvalue weighted by Crippen LogP contribution is 2.42. The van der Waals surface area contributed by atoms with Gasteiger partial charge in [0.2, 0.25) is 5.82 Å². The molecule has 0 amide bonds. The van der Waals surface area contributed by atoms with Crippen LogP contribution in [0.2, 0.25) is 5.02 Å². The number of furan rings is 1. The summed E-state index contributed by atoms with van der Waals surface area (Å²) in [6, 6.07) is 24.0. The van der Waals surface area contributed by atoms with Crippen molar-refractivity contribution < 1.29 is 18.8 Å². The average molecular weight is 660 g/mol. The van der Waals surface area contributed by atoms with Crippen molar-refractivity contribution in [2.75, 3.05) is 7.11 Å². The van der Waals surface area contributed by atoms with E-state index in [1.165, 1.54) is 30.1 Å². The topological polar surface area (TPSA) is 122 Å². The fourth-order valence-electron chi connectivity index (χ4n) is 4.46. The van der Waals surface area contributed by atoms with Crippen molar-refractivity contribution in [3.63, 3.8) is 0 Å². The lowest BCUT2D eigenvalue weighted by molar-refractivity contribution is -0.384. The molecular weight excluding hydrogens is 640 g/mol. The molecule has 0 aliphatic heterocycles. The second kappa shape index (κ2) is 11.7. The molecule has 0 fully saturated rings. The zero-order chi connectivity index (χ0) is 30.1. The van der Waals surface area contributed by atoms with Crippen LogP contribution in [0.25, 0.3) is 33.5 Å². The molecule has 2 aromatic heterocycles. The van der Waals surface area contributed by atoms with Gasteiger partial charge in [0.25, 0.3) is 11.2 Å². The fourth-order valence-corrected chi connectivity index (χ4v) is 5.11. The summed E-state index contributed by atoms with van der Waals surface area (Å²) in [5, 5.41) is 16.9. The standard InChI is InChI=1S/C31H20BrClN4O6/c1-41-25-15-20(27(32)28(33)29(25)42-17-18-10-12-21(13-11-18)37(39)40)16-34-36-30(26-14-19-6-2-5-9-24(19)43-26)35-23-8-4-3-7-22(23)31(36)38/h2-16H,17H2,1H3. The molecule has 6 rings (SSSR count). The van der Waals surface area contributed by atoms with Gasteiger partial charge in [0, 0.05) is 27.6 Å². The maximum atomic E-state index is 13.6. The number of nitrogens with zero attached hydrogens (tertiary/aromatic N) is 4. The number of aromatic nitrogens is 2. The van der Waals surface area contributed by atoms with Crippen LogP contribution in [0.1, 0.15) is 11.1 Å². The quantitative estimate of drug-likeness (QED) is 0.0937. The van der Waals surface area contributed by atoms with Gasteiger partial charge in [-0.3, -0.25) is 14.9 Å². The predicted octanol–water partition coefficient (Wildman–Crippen LogP) is 7.60. The number of hydrogen-bond donors (Lipinski definition) is 0. The number of non-ortho nitro benzene ring substituents is 1. The van der Waals surface area contributed by atoms with E-state index in [4.69, 9.17) is 30.5 Å². The van der Waals surface area contributed by atoms with Crippen LogP contribution in [0.4, 0.5) is 5.69 Å². The monoisotopic (exact) mass is 658 g/mol. The van der Waals surface area contributed by atoms with Crippen LogP contribution in [0, 0.1) is 10.1 Å². The number of ether oxygens (including phenoxy) is 2. The molecule has 10 nitrogen and oxygen atoms in total. The number of nitro groups is 1. The Balaban J connectivity index is 1.38. The second-order valence-electron chi connectivity index (χ2n) is 9.30. The third-order valence-electron chi connectivity index (χ3n) is 6.62. The van der Waals surface area contributed by atoms with E-state index in [0.29, 0.717) is 43.6 Å². The summed E-state index contributed by atoms with van der Waals surface area (Å²) in [5.41, 5.74) is 1.96. The normalized spacial score (nSPS) is 11.4. The molecular formula is C31H20BrClN4O6. The van der Waals surface area contributed by atoms with Crippen molar-refractivity contribution >= 4 is 61.3 Å². The Morgan fingerprint density at radius 1 is 1.09 bits per heavy atom. The number of rotatable bonds is 8. The van der Waals surface area contributed by atoms with Gasteiger partial charge in [-0.15, -0.1) is 0 Å². The van der Waals surface area contributed by atoms with Gasteiger partial charge >= 0.3 is 0 Å². The number of fused-ring (bicyclic) bond motifs is 2. The van der Waals surface area contributed by atoms with Gasteiger partial charge in [-0.05, 0) is 64.0 Å². The van der Waals surface area contributed by atoms with Crippen LogP contribution in [-0.4, -0.2) is 27.9 Å². The molecule has 12 heteroatoms. The zero-order valence-corrected chi connectivity index (χ0v) is 24.7. The number of para-hydroxylation sites is 2. The first-order valence-electron chi connectivity index (χ1n) is 12.8. The first-order chi connectivity index (χ1) is 20.8. The lowest BCUT2D eigenvalue weighted by Gasteiger charge is -2.15. The molecule has 4 aromatic carbocycles. The van der Waals surface area contributed by atoms with E-state index in [-0.39, 0.29) is 34.5 Å². The minimum absolute atomic E-state index is 0.0186. The van der Waals surface area contributed by atoms with Gasteiger partial charge in [0.05, 0.1) is 29.2 Å². The van der Waals surface area contributed by atoms with E-state index in [1.54, 1.807) is 42.5 Å². The van der Waals surface area contributed by atoms with Crippen molar-refractivity contribution in [2.24, 2.45) is 5.10 Å². The Bertz CT molecular complexity index is 2070. The highest BCUT2D eigenvalue weighted by molar-refractivity contribution is 9.10. The molecule has 0 bridgehead atoms. The Labute approximate surface area is 257 Å². The van der Waals surface area contributed by atoms with Gasteiger partial charge in [-0.25, -0.2) is 4.98 Å². The number of hydrogen-bond acceptors (Lipinski definition) is 8. The minimum atomic E-state index is -0.469. The lowest BCUT2D eigenvalue weighted by atomic mass is 10.2. The first-order valence-corrected chi connectivity index (χ1v) is 14.0. The molecule has 0 atom stereocenters. The third kappa shape index (κ3) is 5.47. The summed E-state index contributed by atoms with van der Waals surface area (Å²) in [5.74, 6) is 1.19. The van der Waals surface area contributed by atoms with Crippen LogP contribution < -0.4 is 15.0 Å². The molecule has 0 saturated carbocycles. The maximum absolute atomic E-state index is 13.6. The summed E-state index contributed by atoms with van der Waals surface area (Å²) in [6.07, 6.45) is 1.46. The van der Waals surface area contributed by atoms with Crippen molar-refractivity contribution in [3.8, 4) is 23.1 Å². The largest absolute Gasteiger partial charge is 0.493 e. The van der Waals surface area contributed by atoms with E-state index in [2.05, 4.69) is 21.0 Å². The van der Waals surface area contributed by atoms with Crippen molar-refractivity contribution in [1.82, 2.24) is 9.66 Å². The van der Waals surface area contributed by atoms with Gasteiger partial charge in [-0.1, -0.05) is 41.9 Å². The smallest absolute Gasteiger partial charge is 0.282 e. The van der Waals surface area contributed by atoms with E-state index >= 15 is 0 Å². The summed E-state index contributed by atoms with van der Waals surface area (Å²) in [4.78, 5) is 28.8. The third-order valence-corrected chi connectivity index (χ3v) is 8.06. The van der Waals surface area contributed by atoms with Gasteiger partial charge < -0.3 is 13.9 Å². The molecule has 2 heterocycles. The summed E-state index contributed by atoms with van der Waals surface area (Å²) in [6.45, 7) is 0.0902. The van der Waals surface area contributed by atoms with Crippen molar-refractivity contribution in [1.29, 1.82) is 0 Å². The molecule has 0 saturated heterocycles. The molecule has 0 radical (unpaired) electrons. The Kier molecular flexibility index (Phi) is 7.66. The van der Waals surface area contributed by atoms with Crippen LogP contribution in [0.5, 0.6) is 11.5 Å². The number of benzene rings is 4. The molecule has 214 valence electrons. The molecule has 0 N–H and O–H groups in total. The van der Waals surface area contributed by atoms with Crippen LogP contribution in [-0.2, 0) is 6.61 Å². The summed E-state index contributed by atoms with van der Waals surface area (Å²) < 4.78 is 19.1. The van der Waals surface area contributed by atoms with Crippen molar-refractivity contribution in [3.05, 3.63) is 126 Å². The van der Waals surface area contributed by atoms with Crippen molar-refractivity contribution in [2.45, 2.75) is 6.61 Å². The molecule has 0 aliphatic carbocycles. The predicted molar refractivity (Wildman–Crippen MR) is 167 cm³/mol. The maximum Gasteiger partial charge on any atom is 0.282 e. The average Bonchev–Trinajstić information content (AvgIpc) is 3.46. The molecule has 6 aromatic rings. The van der Waals surface area contributed by atoms with Gasteiger partial charge in [0.1, 0.15) is 17.2 Å². The summed E-state index contributed by atoms with van der Waals surface area (Å²) >= 11 is 10.2. The second-order valence-corrected chi connectivity index (χ2v) is 10.5. The number of nitro benzene ring substituents is 1. The Hall–Kier alpha value is -5.00. The molecule has 0 spiro atoms. The van der Waals surface area contributed by atoms with Crippen LogP contribution in [0.15, 0.2) is 104 Å². The summed E-state index contributed by atoms with van der Waals surface area (Å²) in [7, 11) is 1.47. The SMILES string of the molecule is COc1cc(C=Nn2c(-c3cc4ccccc4o3)nc3ccccc3c2=O)c(Br)c(Cl)c1OCc1ccc([N+](=O)[O-])cc1. The van der Waals surface area contributed by atoms with Crippen LogP contribution >= 0.6 is 27.5 Å². The first kappa shape index (κ1) is 28.1. The van der Waals surface area contributed by atoms with E-state index in [1.807, 2.05) is 30.3 Å². The highest BCUT2D eigenvalue weighted by atomic mass is 79.9. The van der Waals surface area contributed by atoms with Crippen LogP contribution in [0.3, 0.4) is 0 Å². The Morgan fingerprint density at radius 3 is 2.58 bits per heavy atom. The molecule has 0 unspecified atom stereocenters. The van der Waals surface area contributed by atoms with E-state index in [0.717, 1.165) is 5.39 Å². The highest BCUT2D eigenvalue weighted by Gasteiger charge is 2.19. The number of methoxy groups -OCH3 is 1. The minimum Gasteiger partial charge on any atom is -0.493 e. The number of halogens is 2. The molecule has 43 heavy (non-hydrogen) atoms. The fraction of sp³-hybridized carbons (Fsp3) is 0.0645. The lowest BCUT2D eigenvalue weighted by Crippen LogP contribution is -2.20. The van der Waals surface area contributed by atoms with E-state index < -0.39 is 4.92 Å². The van der Waals surface area contributed by atoms with E-state index in [9.17, 15) is 14.9 Å². The van der Waals surface area contributed by atoms with Gasteiger partial charge in [-0.2, -0.15) is 9.78 Å². The zero-order valence-electron chi connectivity index (χ0n) is 22.4. The van der Waals surface area contributed by atoms with Gasteiger partial charge in [0.15, 0.2) is 17.3 Å².